The van der Waals surface area contributed by atoms with Gasteiger partial charge in [0.15, 0.2) is 22.9 Å². The van der Waals surface area contributed by atoms with E-state index in [1.54, 1.807) is 12.7 Å². The fourth-order valence-corrected chi connectivity index (χ4v) is 3.04. The lowest BCUT2D eigenvalue weighted by Crippen LogP contribution is -2.01. The maximum atomic E-state index is 5.81. The molecule has 0 atom stereocenters. The molecule has 0 spiro atoms. The number of rotatable bonds is 7. The van der Waals surface area contributed by atoms with Crippen molar-refractivity contribution in [2.75, 3.05) is 11.5 Å². The van der Waals surface area contributed by atoms with Crippen LogP contribution in [0.2, 0.25) is 0 Å². The largest absolute Gasteiger partial charge is 0.382 e. The molecule has 0 unspecified atom stereocenters. The van der Waals surface area contributed by atoms with Crippen molar-refractivity contribution in [2.24, 2.45) is 0 Å². The highest BCUT2D eigenvalue weighted by molar-refractivity contribution is 5.81. The molecule has 4 rings (SSSR count). The quantitative estimate of drug-likeness (QED) is 0.476. The molecule has 0 aliphatic heterocycles. The van der Waals surface area contributed by atoms with Crippen molar-refractivity contribution in [2.45, 2.75) is 38.8 Å². The summed E-state index contributed by atoms with van der Waals surface area (Å²) in [5.74, 6) is 0.844. The van der Waals surface area contributed by atoms with Gasteiger partial charge in [0, 0.05) is 13.1 Å². The first-order valence-corrected chi connectivity index (χ1v) is 8.56. The normalized spacial score (nSPS) is 11.5. The molecular weight excluding hydrogens is 332 g/mol. The predicted octanol–water partition coefficient (Wildman–Crippen LogP) is 1.39. The summed E-state index contributed by atoms with van der Waals surface area (Å²) >= 11 is 0. The van der Waals surface area contributed by atoms with Gasteiger partial charge in [-0.2, -0.15) is 0 Å². The summed E-state index contributed by atoms with van der Waals surface area (Å²) in [4.78, 5) is 25.0. The molecule has 0 saturated heterocycles. The molecule has 4 N–H and O–H groups in total. The number of aromatic nitrogens is 8. The van der Waals surface area contributed by atoms with Crippen LogP contribution in [0, 0.1) is 0 Å². The van der Waals surface area contributed by atoms with Gasteiger partial charge in [0.25, 0.3) is 0 Å². The molecule has 0 fully saturated rings. The van der Waals surface area contributed by atoms with Crippen LogP contribution in [0.3, 0.4) is 0 Å². The van der Waals surface area contributed by atoms with Gasteiger partial charge in [0.1, 0.15) is 23.7 Å². The van der Waals surface area contributed by atoms with E-state index in [1.807, 2.05) is 9.13 Å². The van der Waals surface area contributed by atoms with Crippen LogP contribution in [-0.4, -0.2) is 39.0 Å². The van der Waals surface area contributed by atoms with Gasteiger partial charge in [0.2, 0.25) is 0 Å². The van der Waals surface area contributed by atoms with Crippen LogP contribution in [0.25, 0.3) is 22.3 Å². The molecule has 0 saturated carbocycles. The zero-order chi connectivity index (χ0) is 17.9. The Balaban J connectivity index is 1.26. The molecule has 0 aromatic carbocycles. The Kier molecular flexibility index (Phi) is 4.30. The van der Waals surface area contributed by atoms with Crippen molar-refractivity contribution in [3.63, 3.8) is 0 Å². The standard InChI is InChI=1S/C16H20N10/c17-13-11-15(21-7-19-13)25(9-23-11)5-3-1-2-4-6-26-10-24-12-14(18)20-8-22-16(12)26/h7-10H,1-6H2,(H2,17,19,21)(H2,18,20,22). The number of fused-ring (bicyclic) bond motifs is 2. The Labute approximate surface area is 149 Å². The molecule has 10 nitrogen and oxygen atoms in total. The molecule has 4 aromatic heterocycles. The van der Waals surface area contributed by atoms with Gasteiger partial charge < -0.3 is 20.6 Å². The van der Waals surface area contributed by atoms with Crippen LogP contribution in [0.1, 0.15) is 25.7 Å². The maximum absolute atomic E-state index is 5.81. The number of unbranched alkanes of at least 4 members (excludes halogenated alkanes) is 3. The van der Waals surface area contributed by atoms with E-state index >= 15 is 0 Å². The topological polar surface area (TPSA) is 139 Å². The van der Waals surface area contributed by atoms with E-state index in [1.165, 1.54) is 12.7 Å². The Morgan fingerprint density at radius 3 is 1.54 bits per heavy atom. The molecular formula is C16H20N10. The zero-order valence-corrected chi connectivity index (χ0v) is 14.3. The van der Waals surface area contributed by atoms with Gasteiger partial charge in [0.05, 0.1) is 12.7 Å². The first-order chi connectivity index (χ1) is 12.7. The second kappa shape index (κ2) is 6.90. The smallest absolute Gasteiger partial charge is 0.165 e. The van der Waals surface area contributed by atoms with Crippen molar-refractivity contribution in [1.82, 2.24) is 39.0 Å². The van der Waals surface area contributed by atoms with Gasteiger partial charge in [-0.1, -0.05) is 12.8 Å². The fourth-order valence-electron chi connectivity index (χ4n) is 3.04. The van der Waals surface area contributed by atoms with Gasteiger partial charge in [-0.25, -0.2) is 29.9 Å². The first-order valence-electron chi connectivity index (χ1n) is 8.56. The van der Waals surface area contributed by atoms with Crippen molar-refractivity contribution < 1.29 is 0 Å². The third-order valence-electron chi connectivity index (χ3n) is 4.41. The number of nitrogens with two attached hydrogens (primary N) is 2. The number of hydrogen-bond donors (Lipinski definition) is 2. The first kappa shape index (κ1) is 16.2. The maximum Gasteiger partial charge on any atom is 0.165 e. The van der Waals surface area contributed by atoms with E-state index in [-0.39, 0.29) is 0 Å². The second-order valence-electron chi connectivity index (χ2n) is 6.15. The van der Waals surface area contributed by atoms with Crippen LogP contribution < -0.4 is 11.5 Å². The molecule has 0 aliphatic rings. The molecule has 4 heterocycles. The lowest BCUT2D eigenvalue weighted by molar-refractivity contribution is 0.546. The molecule has 0 bridgehead atoms. The third kappa shape index (κ3) is 3.01. The monoisotopic (exact) mass is 352 g/mol. The zero-order valence-electron chi connectivity index (χ0n) is 14.3. The predicted molar refractivity (Wildman–Crippen MR) is 97.9 cm³/mol. The minimum atomic E-state index is 0.422. The molecule has 134 valence electrons. The summed E-state index contributed by atoms with van der Waals surface area (Å²) in [6.07, 6.45) is 10.8. The minimum absolute atomic E-state index is 0.422. The summed E-state index contributed by atoms with van der Waals surface area (Å²) in [6.45, 7) is 1.73. The average Bonchev–Trinajstić information content (AvgIpc) is 3.24. The third-order valence-corrected chi connectivity index (χ3v) is 4.41. The van der Waals surface area contributed by atoms with Crippen LogP contribution in [0.15, 0.2) is 25.3 Å². The molecule has 10 heteroatoms. The van der Waals surface area contributed by atoms with Crippen LogP contribution in [0.4, 0.5) is 11.6 Å². The molecule has 4 aromatic rings. The van der Waals surface area contributed by atoms with Crippen LogP contribution >= 0.6 is 0 Å². The Bertz CT molecular complexity index is 950. The highest BCUT2D eigenvalue weighted by Gasteiger charge is 2.08. The lowest BCUT2D eigenvalue weighted by atomic mass is 10.2. The molecule has 0 radical (unpaired) electrons. The summed E-state index contributed by atoms with van der Waals surface area (Å²) < 4.78 is 4.05. The summed E-state index contributed by atoms with van der Waals surface area (Å²) in [5.41, 5.74) is 14.5. The number of anilines is 2. The highest BCUT2D eigenvalue weighted by Crippen LogP contribution is 2.17. The Hall–Kier alpha value is -3.30. The SMILES string of the molecule is Nc1ncnc2c1ncn2CCCCCCn1cnc2c(N)ncnc21. The second-order valence-corrected chi connectivity index (χ2v) is 6.15. The summed E-state index contributed by atoms with van der Waals surface area (Å²) in [7, 11) is 0. The summed E-state index contributed by atoms with van der Waals surface area (Å²) in [5, 5.41) is 0. The summed E-state index contributed by atoms with van der Waals surface area (Å²) in [6, 6.07) is 0. The number of nitrogens with zero attached hydrogens (tertiary/aromatic N) is 8. The van der Waals surface area contributed by atoms with E-state index < -0.39 is 0 Å². The number of imidazole rings is 2. The van der Waals surface area contributed by atoms with Gasteiger partial charge in [-0.05, 0) is 12.8 Å². The molecule has 26 heavy (non-hydrogen) atoms. The number of aryl methyl sites for hydroxylation is 2. The number of hydrogen-bond acceptors (Lipinski definition) is 8. The Morgan fingerprint density at radius 1 is 0.615 bits per heavy atom. The minimum Gasteiger partial charge on any atom is -0.382 e. The van der Waals surface area contributed by atoms with Crippen LogP contribution in [0.5, 0.6) is 0 Å². The van der Waals surface area contributed by atoms with Crippen molar-refractivity contribution in [3.8, 4) is 0 Å². The van der Waals surface area contributed by atoms with Crippen molar-refractivity contribution in [1.29, 1.82) is 0 Å². The van der Waals surface area contributed by atoms with Gasteiger partial charge >= 0.3 is 0 Å². The van der Waals surface area contributed by atoms with E-state index in [4.69, 9.17) is 11.5 Å². The van der Waals surface area contributed by atoms with E-state index in [0.717, 1.165) is 50.1 Å². The van der Waals surface area contributed by atoms with E-state index in [0.29, 0.717) is 22.7 Å². The number of nitrogen functional groups attached to an aromatic ring is 2. The van der Waals surface area contributed by atoms with E-state index in [2.05, 4.69) is 29.9 Å². The molecule has 0 amide bonds. The van der Waals surface area contributed by atoms with Crippen molar-refractivity contribution in [3.05, 3.63) is 25.3 Å². The lowest BCUT2D eigenvalue weighted by Gasteiger charge is -2.05. The Morgan fingerprint density at radius 2 is 1.08 bits per heavy atom. The van der Waals surface area contributed by atoms with Gasteiger partial charge in [-0.3, -0.25) is 0 Å². The van der Waals surface area contributed by atoms with Crippen LogP contribution in [-0.2, 0) is 13.1 Å². The van der Waals surface area contributed by atoms with Gasteiger partial charge in [-0.15, -0.1) is 0 Å². The fraction of sp³-hybridized carbons (Fsp3) is 0.375. The highest BCUT2D eigenvalue weighted by atomic mass is 15.1. The van der Waals surface area contributed by atoms with Crippen molar-refractivity contribution >= 4 is 34.0 Å². The molecule has 0 aliphatic carbocycles. The average molecular weight is 352 g/mol. The van der Waals surface area contributed by atoms with E-state index in [9.17, 15) is 0 Å².